The molecule has 0 saturated carbocycles. The average Bonchev–Trinajstić information content (AvgIpc) is 2.46. The van der Waals surface area contributed by atoms with Gasteiger partial charge in [0.15, 0.2) is 0 Å². The summed E-state index contributed by atoms with van der Waals surface area (Å²) in [7, 11) is 0. The molecule has 3 N–H and O–H groups in total. The number of rotatable bonds is 10. The van der Waals surface area contributed by atoms with Gasteiger partial charge in [-0.3, -0.25) is 0 Å². The van der Waals surface area contributed by atoms with Crippen molar-refractivity contribution in [3.63, 3.8) is 0 Å². The fourth-order valence-corrected chi connectivity index (χ4v) is 3.75. The Kier molecular flexibility index (Phi) is 8.59. The van der Waals surface area contributed by atoms with Crippen LogP contribution in [0.3, 0.4) is 0 Å². The summed E-state index contributed by atoms with van der Waals surface area (Å²) in [6.45, 7) is 5.63. The van der Waals surface area contributed by atoms with Crippen LogP contribution in [0, 0.1) is 0 Å². The first kappa shape index (κ1) is 18.7. The molecule has 1 unspecified atom stereocenters. The first-order chi connectivity index (χ1) is 10.0. The molecule has 120 valence electrons. The van der Waals surface area contributed by atoms with Gasteiger partial charge in [-0.2, -0.15) is 0 Å². The van der Waals surface area contributed by atoms with Gasteiger partial charge in [0, 0.05) is 0 Å². The molecule has 0 saturated heterocycles. The molecule has 1 aromatic carbocycles. The molecule has 4 heteroatoms. The van der Waals surface area contributed by atoms with Crippen molar-refractivity contribution in [3.8, 4) is 5.75 Å². The van der Waals surface area contributed by atoms with Crippen molar-refractivity contribution in [2.24, 2.45) is 5.73 Å². The molecule has 0 amide bonds. The standard InChI is InChI=1S/C17H28INO2/c1-3-9-17(18,10-4-2)13-21-15-7-5-6-14(12-15)16(20)8-11-19/h5-7,12,16,20H,3-4,8-11,13,19H2,1-2H3. The van der Waals surface area contributed by atoms with E-state index in [1.807, 2.05) is 24.3 Å². The van der Waals surface area contributed by atoms with E-state index in [0.717, 1.165) is 24.2 Å². The average molecular weight is 405 g/mol. The molecule has 3 nitrogen and oxygen atoms in total. The van der Waals surface area contributed by atoms with Crippen LogP contribution in [0.25, 0.3) is 0 Å². The minimum absolute atomic E-state index is 0.202. The van der Waals surface area contributed by atoms with Crippen LogP contribution in [0.2, 0.25) is 0 Å². The molecule has 1 atom stereocenters. The lowest BCUT2D eigenvalue weighted by Crippen LogP contribution is -2.28. The van der Waals surface area contributed by atoms with E-state index in [1.54, 1.807) is 0 Å². The van der Waals surface area contributed by atoms with Crippen LogP contribution in [0.15, 0.2) is 24.3 Å². The lowest BCUT2D eigenvalue weighted by atomic mass is 9.99. The zero-order valence-electron chi connectivity index (χ0n) is 13.1. The minimum atomic E-state index is -0.505. The third-order valence-electron chi connectivity index (χ3n) is 3.58. The van der Waals surface area contributed by atoms with Gasteiger partial charge in [-0.05, 0) is 43.5 Å². The van der Waals surface area contributed by atoms with E-state index >= 15 is 0 Å². The van der Waals surface area contributed by atoms with Crippen LogP contribution in [0.5, 0.6) is 5.75 Å². The fourth-order valence-electron chi connectivity index (χ4n) is 2.51. The molecule has 0 aromatic heterocycles. The Bertz CT molecular complexity index is 406. The van der Waals surface area contributed by atoms with E-state index in [9.17, 15) is 5.11 Å². The molecular formula is C17H28INO2. The third kappa shape index (κ3) is 6.53. The van der Waals surface area contributed by atoms with Crippen LogP contribution in [0.4, 0.5) is 0 Å². The molecule has 21 heavy (non-hydrogen) atoms. The van der Waals surface area contributed by atoms with Crippen molar-refractivity contribution in [1.29, 1.82) is 0 Å². The molecule has 0 fully saturated rings. The summed E-state index contributed by atoms with van der Waals surface area (Å²) in [4.78, 5) is 0. The molecule has 0 aliphatic carbocycles. The summed E-state index contributed by atoms with van der Waals surface area (Å²) in [6, 6.07) is 7.73. The highest BCUT2D eigenvalue weighted by atomic mass is 127. The highest BCUT2D eigenvalue weighted by molar-refractivity contribution is 14.1. The Balaban J connectivity index is 2.67. The van der Waals surface area contributed by atoms with Gasteiger partial charge in [-0.25, -0.2) is 0 Å². The van der Waals surface area contributed by atoms with E-state index in [4.69, 9.17) is 10.5 Å². The molecule has 0 radical (unpaired) electrons. The van der Waals surface area contributed by atoms with Crippen LogP contribution in [-0.4, -0.2) is 21.7 Å². The summed E-state index contributed by atoms with van der Waals surface area (Å²) >= 11 is 2.55. The Hall–Kier alpha value is -0.330. The second-order valence-corrected chi connectivity index (χ2v) is 7.89. The van der Waals surface area contributed by atoms with E-state index in [0.29, 0.717) is 19.6 Å². The first-order valence-electron chi connectivity index (χ1n) is 7.84. The fraction of sp³-hybridized carbons (Fsp3) is 0.647. The summed E-state index contributed by atoms with van der Waals surface area (Å²) < 4.78 is 6.20. The summed E-state index contributed by atoms with van der Waals surface area (Å²) in [5, 5.41) is 10.0. The zero-order valence-corrected chi connectivity index (χ0v) is 15.3. The number of ether oxygens (including phenoxy) is 1. The first-order valence-corrected chi connectivity index (χ1v) is 8.92. The van der Waals surface area contributed by atoms with Gasteiger partial charge in [-0.15, -0.1) is 0 Å². The predicted octanol–water partition coefficient (Wildman–Crippen LogP) is 4.22. The summed E-state index contributed by atoms with van der Waals surface area (Å²) in [5.74, 6) is 0.830. The molecule has 0 aliphatic rings. The maximum atomic E-state index is 10.0. The smallest absolute Gasteiger partial charge is 0.119 e. The maximum absolute atomic E-state index is 10.0. The number of nitrogens with two attached hydrogens (primary N) is 1. The van der Waals surface area contributed by atoms with E-state index in [1.165, 1.54) is 12.8 Å². The zero-order chi connectivity index (χ0) is 15.7. The molecular weight excluding hydrogens is 377 g/mol. The summed E-state index contributed by atoms with van der Waals surface area (Å²) in [6.07, 6.45) is 4.73. The largest absolute Gasteiger partial charge is 0.492 e. The molecule has 1 aromatic rings. The van der Waals surface area contributed by atoms with E-state index in [2.05, 4.69) is 36.4 Å². The highest BCUT2D eigenvalue weighted by Gasteiger charge is 2.25. The lowest BCUT2D eigenvalue weighted by molar-refractivity contribution is 0.169. The van der Waals surface area contributed by atoms with Crippen molar-refractivity contribution in [2.75, 3.05) is 13.2 Å². The Morgan fingerprint density at radius 1 is 1.29 bits per heavy atom. The van der Waals surface area contributed by atoms with Crippen molar-refractivity contribution in [3.05, 3.63) is 29.8 Å². The molecule has 0 aliphatic heterocycles. The van der Waals surface area contributed by atoms with Crippen molar-refractivity contribution < 1.29 is 9.84 Å². The number of benzene rings is 1. The number of hydrogen-bond donors (Lipinski definition) is 2. The summed E-state index contributed by atoms with van der Waals surface area (Å²) in [5.41, 5.74) is 6.37. The SMILES string of the molecule is CCCC(I)(CCC)COc1cccc(C(O)CCN)c1. The Labute approximate surface area is 142 Å². The monoisotopic (exact) mass is 405 g/mol. The molecule has 0 bridgehead atoms. The van der Waals surface area contributed by atoms with Gasteiger partial charge in [0.05, 0.1) is 9.53 Å². The highest BCUT2D eigenvalue weighted by Crippen LogP contribution is 2.32. The Morgan fingerprint density at radius 2 is 1.95 bits per heavy atom. The second-order valence-electron chi connectivity index (χ2n) is 5.61. The van der Waals surface area contributed by atoms with Gasteiger partial charge < -0.3 is 15.6 Å². The van der Waals surface area contributed by atoms with Gasteiger partial charge in [0.25, 0.3) is 0 Å². The van der Waals surface area contributed by atoms with Crippen molar-refractivity contribution in [2.45, 2.75) is 55.5 Å². The number of halogens is 1. The Morgan fingerprint density at radius 3 is 2.52 bits per heavy atom. The normalized spacial score (nSPS) is 13.2. The van der Waals surface area contributed by atoms with Gasteiger partial charge in [0.2, 0.25) is 0 Å². The van der Waals surface area contributed by atoms with Crippen molar-refractivity contribution in [1.82, 2.24) is 0 Å². The lowest BCUT2D eigenvalue weighted by Gasteiger charge is -2.27. The molecule has 0 spiro atoms. The molecule has 1 rings (SSSR count). The molecule has 0 heterocycles. The number of hydrogen-bond acceptors (Lipinski definition) is 3. The van der Waals surface area contributed by atoms with E-state index in [-0.39, 0.29) is 3.42 Å². The number of aliphatic hydroxyl groups is 1. The minimum Gasteiger partial charge on any atom is -0.492 e. The van der Waals surface area contributed by atoms with Crippen molar-refractivity contribution >= 4 is 22.6 Å². The van der Waals surface area contributed by atoms with Crippen LogP contribution in [0.1, 0.15) is 57.6 Å². The maximum Gasteiger partial charge on any atom is 0.119 e. The van der Waals surface area contributed by atoms with Gasteiger partial charge >= 0.3 is 0 Å². The number of alkyl halides is 1. The second kappa shape index (κ2) is 9.64. The van der Waals surface area contributed by atoms with Crippen LogP contribution < -0.4 is 10.5 Å². The predicted molar refractivity (Wildman–Crippen MR) is 97.1 cm³/mol. The third-order valence-corrected chi connectivity index (χ3v) is 4.97. The van der Waals surface area contributed by atoms with E-state index < -0.39 is 6.10 Å². The quantitative estimate of drug-likeness (QED) is 0.453. The van der Waals surface area contributed by atoms with Gasteiger partial charge in [-0.1, -0.05) is 61.4 Å². The van der Waals surface area contributed by atoms with Gasteiger partial charge in [0.1, 0.15) is 12.4 Å². The number of aliphatic hydroxyl groups excluding tert-OH is 1. The topological polar surface area (TPSA) is 55.5 Å². The van der Waals surface area contributed by atoms with Crippen LogP contribution >= 0.6 is 22.6 Å². The van der Waals surface area contributed by atoms with Crippen LogP contribution in [-0.2, 0) is 0 Å².